The standard InChI is InChI=1S/C12H22N4O2/c1-11-9-15-16(10-11)7-3-12(17)14-5-4-13-6-8-18-2/h9-10,13H,3-8H2,1-2H3,(H,14,17). The first-order valence-electron chi connectivity index (χ1n) is 6.18. The van der Waals surface area contributed by atoms with Gasteiger partial charge in [0.1, 0.15) is 0 Å². The number of hydrogen-bond donors (Lipinski definition) is 2. The molecule has 0 spiro atoms. The van der Waals surface area contributed by atoms with E-state index in [0.717, 1.165) is 18.7 Å². The summed E-state index contributed by atoms with van der Waals surface area (Å²) in [5.41, 5.74) is 1.11. The van der Waals surface area contributed by atoms with Crippen molar-refractivity contribution in [3.05, 3.63) is 18.0 Å². The molecule has 6 heteroatoms. The highest BCUT2D eigenvalue weighted by atomic mass is 16.5. The summed E-state index contributed by atoms with van der Waals surface area (Å²) in [4.78, 5) is 11.5. The van der Waals surface area contributed by atoms with E-state index in [0.29, 0.717) is 26.1 Å². The Morgan fingerprint density at radius 1 is 1.44 bits per heavy atom. The number of methoxy groups -OCH3 is 1. The van der Waals surface area contributed by atoms with Crippen LogP contribution in [0.5, 0.6) is 0 Å². The van der Waals surface area contributed by atoms with Crippen LogP contribution in [0.2, 0.25) is 0 Å². The molecule has 0 aromatic carbocycles. The van der Waals surface area contributed by atoms with Gasteiger partial charge in [-0.15, -0.1) is 0 Å². The number of aryl methyl sites for hydroxylation is 2. The third-order valence-corrected chi connectivity index (χ3v) is 2.44. The van der Waals surface area contributed by atoms with E-state index in [2.05, 4.69) is 15.7 Å². The number of aromatic nitrogens is 2. The largest absolute Gasteiger partial charge is 0.383 e. The van der Waals surface area contributed by atoms with Crippen LogP contribution in [-0.2, 0) is 16.1 Å². The second kappa shape index (κ2) is 8.66. The topological polar surface area (TPSA) is 68.2 Å². The summed E-state index contributed by atoms with van der Waals surface area (Å²) in [6.07, 6.45) is 4.18. The molecule has 2 N–H and O–H groups in total. The average Bonchev–Trinajstić information content (AvgIpc) is 2.77. The van der Waals surface area contributed by atoms with Crippen LogP contribution < -0.4 is 10.6 Å². The van der Waals surface area contributed by atoms with Crippen molar-refractivity contribution in [2.45, 2.75) is 19.9 Å². The molecular weight excluding hydrogens is 232 g/mol. The lowest BCUT2D eigenvalue weighted by atomic mass is 10.4. The SMILES string of the molecule is COCCNCCNC(=O)CCn1cc(C)cn1. The van der Waals surface area contributed by atoms with Crippen LogP contribution in [0.25, 0.3) is 0 Å². The van der Waals surface area contributed by atoms with E-state index in [-0.39, 0.29) is 5.91 Å². The number of hydrogen-bond acceptors (Lipinski definition) is 4. The van der Waals surface area contributed by atoms with Gasteiger partial charge in [-0.2, -0.15) is 5.10 Å². The predicted octanol–water partition coefficient (Wildman–Crippen LogP) is -0.0662. The first kappa shape index (κ1) is 14.7. The molecule has 0 fully saturated rings. The van der Waals surface area contributed by atoms with Gasteiger partial charge < -0.3 is 15.4 Å². The van der Waals surface area contributed by atoms with E-state index in [1.807, 2.05) is 13.1 Å². The number of carbonyl (C=O) groups is 1. The fraction of sp³-hybridized carbons (Fsp3) is 0.667. The Kier molecular flexibility index (Phi) is 7.05. The van der Waals surface area contributed by atoms with Gasteiger partial charge in [0.2, 0.25) is 5.91 Å². The Morgan fingerprint density at radius 2 is 2.28 bits per heavy atom. The first-order valence-corrected chi connectivity index (χ1v) is 6.18. The van der Waals surface area contributed by atoms with E-state index in [1.165, 1.54) is 0 Å². The fourth-order valence-corrected chi connectivity index (χ4v) is 1.48. The van der Waals surface area contributed by atoms with Crippen molar-refractivity contribution in [1.29, 1.82) is 0 Å². The van der Waals surface area contributed by atoms with Crippen LogP contribution >= 0.6 is 0 Å². The summed E-state index contributed by atoms with van der Waals surface area (Å²) < 4.78 is 6.68. The van der Waals surface area contributed by atoms with Crippen molar-refractivity contribution in [3.63, 3.8) is 0 Å². The van der Waals surface area contributed by atoms with Crippen LogP contribution in [0.15, 0.2) is 12.4 Å². The summed E-state index contributed by atoms with van der Waals surface area (Å²) >= 11 is 0. The summed E-state index contributed by atoms with van der Waals surface area (Å²) in [5.74, 6) is 0.0525. The van der Waals surface area contributed by atoms with Crippen molar-refractivity contribution in [2.24, 2.45) is 0 Å². The molecule has 0 aliphatic rings. The summed E-state index contributed by atoms with van der Waals surface area (Å²) in [7, 11) is 1.67. The van der Waals surface area contributed by atoms with Gasteiger partial charge in [0.15, 0.2) is 0 Å². The van der Waals surface area contributed by atoms with Crippen molar-refractivity contribution in [1.82, 2.24) is 20.4 Å². The minimum atomic E-state index is 0.0525. The van der Waals surface area contributed by atoms with Gasteiger partial charge in [-0.1, -0.05) is 0 Å². The molecule has 0 aliphatic heterocycles. The van der Waals surface area contributed by atoms with Crippen molar-refractivity contribution in [3.8, 4) is 0 Å². The van der Waals surface area contributed by atoms with Crippen LogP contribution in [0.3, 0.4) is 0 Å². The van der Waals surface area contributed by atoms with Gasteiger partial charge in [0.25, 0.3) is 0 Å². The lowest BCUT2D eigenvalue weighted by Gasteiger charge is -2.06. The average molecular weight is 254 g/mol. The van der Waals surface area contributed by atoms with E-state index < -0.39 is 0 Å². The molecule has 1 amide bonds. The molecule has 0 saturated heterocycles. The quantitative estimate of drug-likeness (QED) is 0.606. The van der Waals surface area contributed by atoms with Crippen LogP contribution in [0.1, 0.15) is 12.0 Å². The summed E-state index contributed by atoms with van der Waals surface area (Å²) in [6.45, 7) is 5.49. The van der Waals surface area contributed by atoms with E-state index in [1.54, 1.807) is 18.0 Å². The number of carbonyl (C=O) groups excluding carboxylic acids is 1. The Labute approximate surface area is 108 Å². The molecule has 1 aromatic heterocycles. The maximum atomic E-state index is 11.5. The Bertz CT molecular complexity index is 352. The number of amides is 1. The zero-order valence-electron chi connectivity index (χ0n) is 11.1. The normalized spacial score (nSPS) is 10.6. The molecule has 0 radical (unpaired) electrons. The summed E-state index contributed by atoms with van der Waals surface area (Å²) in [6, 6.07) is 0. The molecule has 0 atom stereocenters. The predicted molar refractivity (Wildman–Crippen MR) is 69.3 cm³/mol. The van der Waals surface area contributed by atoms with Gasteiger partial charge in [0.05, 0.1) is 12.8 Å². The van der Waals surface area contributed by atoms with Gasteiger partial charge in [-0.25, -0.2) is 0 Å². The second-order valence-electron chi connectivity index (χ2n) is 4.12. The molecule has 0 saturated carbocycles. The molecule has 18 heavy (non-hydrogen) atoms. The van der Waals surface area contributed by atoms with Gasteiger partial charge in [-0.05, 0) is 12.5 Å². The third kappa shape index (κ3) is 6.36. The molecule has 1 heterocycles. The maximum absolute atomic E-state index is 11.5. The second-order valence-corrected chi connectivity index (χ2v) is 4.12. The summed E-state index contributed by atoms with van der Waals surface area (Å²) in [5, 5.41) is 10.1. The van der Waals surface area contributed by atoms with Crippen molar-refractivity contribution in [2.75, 3.05) is 33.4 Å². The smallest absolute Gasteiger partial charge is 0.221 e. The van der Waals surface area contributed by atoms with Crippen LogP contribution in [0, 0.1) is 6.92 Å². The first-order chi connectivity index (χ1) is 8.72. The molecule has 1 rings (SSSR count). The Hall–Kier alpha value is -1.40. The number of rotatable bonds is 9. The maximum Gasteiger partial charge on any atom is 0.221 e. The number of ether oxygens (including phenoxy) is 1. The van der Waals surface area contributed by atoms with Gasteiger partial charge in [0, 0.05) is 45.9 Å². The zero-order valence-corrected chi connectivity index (χ0v) is 11.1. The zero-order chi connectivity index (χ0) is 13.2. The third-order valence-electron chi connectivity index (χ3n) is 2.44. The van der Waals surface area contributed by atoms with Crippen molar-refractivity contribution < 1.29 is 9.53 Å². The highest BCUT2D eigenvalue weighted by Crippen LogP contribution is 1.95. The number of nitrogens with one attached hydrogen (secondary N) is 2. The highest BCUT2D eigenvalue weighted by molar-refractivity contribution is 5.75. The van der Waals surface area contributed by atoms with E-state index in [4.69, 9.17) is 4.74 Å². The van der Waals surface area contributed by atoms with Crippen molar-refractivity contribution >= 4 is 5.91 Å². The Morgan fingerprint density at radius 3 is 2.94 bits per heavy atom. The molecule has 0 aliphatic carbocycles. The molecule has 0 bridgehead atoms. The molecular formula is C12H22N4O2. The van der Waals surface area contributed by atoms with E-state index in [9.17, 15) is 4.79 Å². The number of nitrogens with zero attached hydrogens (tertiary/aromatic N) is 2. The monoisotopic (exact) mass is 254 g/mol. The molecule has 1 aromatic rings. The fourth-order valence-electron chi connectivity index (χ4n) is 1.48. The van der Waals surface area contributed by atoms with E-state index >= 15 is 0 Å². The lowest BCUT2D eigenvalue weighted by molar-refractivity contribution is -0.121. The van der Waals surface area contributed by atoms with Gasteiger partial charge >= 0.3 is 0 Å². The van der Waals surface area contributed by atoms with Crippen LogP contribution in [0.4, 0.5) is 0 Å². The molecule has 0 unspecified atom stereocenters. The minimum Gasteiger partial charge on any atom is -0.383 e. The van der Waals surface area contributed by atoms with Gasteiger partial charge in [-0.3, -0.25) is 9.48 Å². The molecule has 102 valence electrons. The van der Waals surface area contributed by atoms with Crippen LogP contribution in [-0.4, -0.2) is 49.0 Å². The molecule has 6 nitrogen and oxygen atoms in total. The minimum absolute atomic E-state index is 0.0525. The highest BCUT2D eigenvalue weighted by Gasteiger charge is 2.01. The Balaban J connectivity index is 2.00. The lowest BCUT2D eigenvalue weighted by Crippen LogP contribution is -2.33.